The summed E-state index contributed by atoms with van der Waals surface area (Å²) >= 11 is 3.82. The molecule has 0 amide bonds. The minimum Gasteiger partial charge on any atom is -0.491 e. The van der Waals surface area contributed by atoms with Crippen LogP contribution in [0.4, 0.5) is 0 Å². The Bertz CT molecular complexity index is 421. The predicted octanol–water partition coefficient (Wildman–Crippen LogP) is 1.59. The summed E-state index contributed by atoms with van der Waals surface area (Å²) in [6, 6.07) is 7.07. The highest BCUT2D eigenvalue weighted by Crippen LogP contribution is 2.26. The minimum absolute atomic E-state index is 0.0353. The second-order valence-electron chi connectivity index (χ2n) is 4.73. The fourth-order valence-corrected chi connectivity index (χ4v) is 1.91. The van der Waals surface area contributed by atoms with Crippen LogP contribution in [0.25, 0.3) is 0 Å². The maximum atomic E-state index is 11.0. The van der Waals surface area contributed by atoms with Gasteiger partial charge in [0.15, 0.2) is 0 Å². The van der Waals surface area contributed by atoms with Crippen LogP contribution in [-0.2, 0) is 9.53 Å². The molecule has 0 aliphatic carbocycles. The molecule has 21 heavy (non-hydrogen) atoms. The molecule has 1 rings (SSSR count). The Morgan fingerprint density at radius 2 is 1.95 bits per heavy atom. The van der Waals surface area contributed by atoms with Crippen molar-refractivity contribution in [3.05, 3.63) is 29.8 Å². The van der Waals surface area contributed by atoms with E-state index in [1.807, 2.05) is 6.92 Å². The van der Waals surface area contributed by atoms with E-state index < -0.39 is 6.10 Å². The van der Waals surface area contributed by atoms with Gasteiger partial charge in [-0.05, 0) is 30.0 Å². The molecule has 0 saturated heterocycles. The van der Waals surface area contributed by atoms with Gasteiger partial charge in [0.05, 0.1) is 25.1 Å². The van der Waals surface area contributed by atoms with E-state index in [2.05, 4.69) is 12.6 Å². The van der Waals surface area contributed by atoms with Crippen LogP contribution >= 0.6 is 12.6 Å². The van der Waals surface area contributed by atoms with Crippen molar-refractivity contribution in [1.82, 2.24) is 0 Å². The Morgan fingerprint density at radius 1 is 1.29 bits per heavy atom. The van der Waals surface area contributed by atoms with Crippen LogP contribution < -0.4 is 4.74 Å². The number of hydrogen-bond donors (Lipinski definition) is 3. The van der Waals surface area contributed by atoms with Crippen molar-refractivity contribution in [2.75, 3.05) is 25.6 Å². The van der Waals surface area contributed by atoms with Gasteiger partial charge in [-0.25, -0.2) is 0 Å². The molecule has 0 aromatic heterocycles. The number of aliphatic hydroxyl groups excluding tert-OH is 2. The number of ether oxygens (including phenoxy) is 2. The number of thiol groups is 1. The van der Waals surface area contributed by atoms with E-state index in [1.54, 1.807) is 24.3 Å². The number of carbonyl (C=O) groups is 1. The maximum absolute atomic E-state index is 11.0. The van der Waals surface area contributed by atoms with Crippen molar-refractivity contribution in [2.45, 2.75) is 19.4 Å². The number of carbonyl (C=O) groups excluding carboxylic acids is 1. The molecule has 2 N–H and O–H groups in total. The molecule has 0 heterocycles. The Kier molecular flexibility index (Phi) is 8.19. The van der Waals surface area contributed by atoms with E-state index in [-0.39, 0.29) is 37.5 Å². The number of hydrogen-bond acceptors (Lipinski definition) is 6. The van der Waals surface area contributed by atoms with Crippen molar-refractivity contribution in [2.24, 2.45) is 5.92 Å². The van der Waals surface area contributed by atoms with Crippen molar-refractivity contribution >= 4 is 18.6 Å². The number of esters is 1. The fourth-order valence-electron chi connectivity index (χ4n) is 1.82. The average Bonchev–Trinajstić information content (AvgIpc) is 2.52. The lowest BCUT2D eigenvalue weighted by Crippen LogP contribution is -2.14. The van der Waals surface area contributed by atoms with Crippen LogP contribution in [0, 0.1) is 5.92 Å². The van der Waals surface area contributed by atoms with Gasteiger partial charge in [-0.1, -0.05) is 19.1 Å². The smallest absolute Gasteiger partial charge is 0.315 e. The first-order valence-electron chi connectivity index (χ1n) is 6.86. The standard InChI is InChI=1S/C15H22O5S/c1-11(6-8-20-14(17)10-21)15(18)12-2-4-13(5-3-12)19-9-7-16/h2-5,11,15-16,18,21H,6-10H2,1H3/t11-,15+/m1/s1. The lowest BCUT2D eigenvalue weighted by molar-refractivity contribution is -0.141. The predicted molar refractivity (Wildman–Crippen MR) is 82.6 cm³/mol. The first kappa shape index (κ1) is 17.8. The lowest BCUT2D eigenvalue weighted by Gasteiger charge is -2.19. The van der Waals surface area contributed by atoms with Crippen LogP contribution in [0.1, 0.15) is 25.0 Å². The van der Waals surface area contributed by atoms with E-state index in [0.717, 1.165) is 5.56 Å². The van der Waals surface area contributed by atoms with Crippen LogP contribution in [0.3, 0.4) is 0 Å². The van der Waals surface area contributed by atoms with Crippen LogP contribution in [-0.4, -0.2) is 41.8 Å². The highest BCUT2D eigenvalue weighted by molar-refractivity contribution is 7.81. The van der Waals surface area contributed by atoms with Crippen molar-refractivity contribution in [3.63, 3.8) is 0 Å². The van der Waals surface area contributed by atoms with Crippen LogP contribution in [0.2, 0.25) is 0 Å². The normalized spacial score (nSPS) is 13.5. The van der Waals surface area contributed by atoms with Gasteiger partial charge in [-0.15, -0.1) is 0 Å². The van der Waals surface area contributed by atoms with Gasteiger partial charge in [-0.2, -0.15) is 12.6 Å². The first-order valence-corrected chi connectivity index (χ1v) is 7.50. The molecular weight excluding hydrogens is 292 g/mol. The van der Waals surface area contributed by atoms with Gasteiger partial charge in [0.25, 0.3) is 0 Å². The summed E-state index contributed by atoms with van der Waals surface area (Å²) in [5.74, 6) is 0.314. The van der Waals surface area contributed by atoms with Gasteiger partial charge in [-0.3, -0.25) is 4.79 Å². The Balaban J connectivity index is 2.45. The third-order valence-electron chi connectivity index (χ3n) is 3.09. The van der Waals surface area contributed by atoms with Crippen molar-refractivity contribution < 1.29 is 24.5 Å². The number of benzene rings is 1. The molecule has 2 atom stereocenters. The number of aliphatic hydroxyl groups is 2. The zero-order valence-corrected chi connectivity index (χ0v) is 13.0. The Hall–Kier alpha value is -1.24. The van der Waals surface area contributed by atoms with E-state index in [1.165, 1.54) is 0 Å². The van der Waals surface area contributed by atoms with Gasteiger partial charge in [0.1, 0.15) is 12.4 Å². The van der Waals surface area contributed by atoms with Crippen LogP contribution in [0.5, 0.6) is 5.75 Å². The molecule has 0 aliphatic rings. The molecule has 0 radical (unpaired) electrons. The summed E-state index contributed by atoms with van der Waals surface area (Å²) in [5, 5.41) is 18.9. The zero-order valence-electron chi connectivity index (χ0n) is 12.1. The molecule has 118 valence electrons. The second kappa shape index (κ2) is 9.65. The van der Waals surface area contributed by atoms with Gasteiger partial charge in [0.2, 0.25) is 0 Å². The monoisotopic (exact) mass is 314 g/mol. The lowest BCUT2D eigenvalue weighted by atomic mass is 9.95. The summed E-state index contributed by atoms with van der Waals surface area (Å²) in [5.41, 5.74) is 0.777. The summed E-state index contributed by atoms with van der Waals surface area (Å²) in [6.45, 7) is 2.38. The molecule has 0 aliphatic heterocycles. The van der Waals surface area contributed by atoms with E-state index in [9.17, 15) is 9.90 Å². The molecule has 0 fully saturated rings. The molecule has 5 nitrogen and oxygen atoms in total. The SMILES string of the molecule is C[C@H](CCOC(=O)CS)[C@H](O)c1ccc(OCCO)cc1. The Morgan fingerprint density at radius 3 is 2.52 bits per heavy atom. The summed E-state index contributed by atoms with van der Waals surface area (Å²) < 4.78 is 10.2. The third kappa shape index (κ3) is 6.37. The molecule has 1 aromatic carbocycles. The second-order valence-corrected chi connectivity index (χ2v) is 5.05. The average molecular weight is 314 g/mol. The molecule has 0 unspecified atom stereocenters. The molecular formula is C15H22O5S. The summed E-state index contributed by atoms with van der Waals surface area (Å²) in [7, 11) is 0. The van der Waals surface area contributed by atoms with E-state index >= 15 is 0 Å². The molecule has 6 heteroatoms. The maximum Gasteiger partial charge on any atom is 0.315 e. The van der Waals surface area contributed by atoms with Crippen molar-refractivity contribution in [1.29, 1.82) is 0 Å². The quantitative estimate of drug-likeness (QED) is 0.477. The topological polar surface area (TPSA) is 76.0 Å². The minimum atomic E-state index is -0.633. The summed E-state index contributed by atoms with van der Waals surface area (Å²) in [4.78, 5) is 11.0. The molecule has 0 bridgehead atoms. The molecule has 1 aromatic rings. The Labute approximate surface area is 130 Å². The molecule has 0 spiro atoms. The number of rotatable bonds is 9. The van der Waals surface area contributed by atoms with Gasteiger partial charge < -0.3 is 19.7 Å². The molecule has 0 saturated carbocycles. The van der Waals surface area contributed by atoms with E-state index in [0.29, 0.717) is 12.2 Å². The fraction of sp³-hybridized carbons (Fsp3) is 0.533. The van der Waals surface area contributed by atoms with E-state index in [4.69, 9.17) is 14.6 Å². The highest BCUT2D eigenvalue weighted by Gasteiger charge is 2.17. The highest BCUT2D eigenvalue weighted by atomic mass is 32.1. The van der Waals surface area contributed by atoms with Crippen molar-refractivity contribution in [3.8, 4) is 5.75 Å². The van der Waals surface area contributed by atoms with Crippen LogP contribution in [0.15, 0.2) is 24.3 Å². The van der Waals surface area contributed by atoms with Gasteiger partial charge in [0, 0.05) is 0 Å². The third-order valence-corrected chi connectivity index (χ3v) is 3.34. The summed E-state index contributed by atoms with van der Waals surface area (Å²) in [6.07, 6.45) is -0.0599. The largest absolute Gasteiger partial charge is 0.491 e. The van der Waals surface area contributed by atoms with Gasteiger partial charge >= 0.3 is 5.97 Å². The zero-order chi connectivity index (χ0) is 15.7. The first-order chi connectivity index (χ1) is 10.1.